The zero-order chi connectivity index (χ0) is 21.4. The smallest absolute Gasteiger partial charge is 0.276 e. The number of nitro benzene ring substituents is 1. The summed E-state index contributed by atoms with van der Waals surface area (Å²) in [5.74, 6) is -1.39. The Hall–Kier alpha value is -3.95. The fourth-order valence-corrected chi connectivity index (χ4v) is 2.20. The third-order valence-corrected chi connectivity index (χ3v) is 3.92. The van der Waals surface area contributed by atoms with E-state index >= 15 is 0 Å². The highest BCUT2D eigenvalue weighted by molar-refractivity contribution is 5.97. The van der Waals surface area contributed by atoms with Gasteiger partial charge in [0.25, 0.3) is 23.4 Å². The molecular weight excluding hydrogens is 380 g/mol. The third kappa shape index (κ3) is 6.61. The van der Waals surface area contributed by atoms with E-state index in [9.17, 15) is 24.5 Å². The van der Waals surface area contributed by atoms with Crippen LogP contribution in [0.4, 0.5) is 5.69 Å². The highest BCUT2D eigenvalue weighted by Gasteiger charge is 2.13. The Balaban J connectivity index is 1.72. The molecule has 0 heterocycles. The van der Waals surface area contributed by atoms with Crippen LogP contribution in [0.1, 0.15) is 21.5 Å². The van der Waals surface area contributed by atoms with Crippen molar-refractivity contribution >= 4 is 23.4 Å². The Bertz CT molecular complexity index is 944. The van der Waals surface area contributed by atoms with E-state index in [1.54, 1.807) is 12.1 Å². The molecule has 3 N–H and O–H groups in total. The molecule has 0 saturated carbocycles. The molecule has 3 amide bonds. The molecule has 0 radical (unpaired) electrons. The van der Waals surface area contributed by atoms with Gasteiger partial charge in [0.1, 0.15) is 5.75 Å². The van der Waals surface area contributed by atoms with Gasteiger partial charge in [-0.1, -0.05) is 12.1 Å². The predicted octanol–water partition coefficient (Wildman–Crippen LogP) is 1.17. The molecular formula is C19H20N4O6. The van der Waals surface area contributed by atoms with Crippen molar-refractivity contribution < 1.29 is 24.0 Å². The minimum atomic E-state index is -0.677. The summed E-state index contributed by atoms with van der Waals surface area (Å²) in [6, 6.07) is 10.5. The lowest BCUT2D eigenvalue weighted by atomic mass is 10.1. The number of rotatable bonds is 7. The zero-order valence-electron chi connectivity index (χ0n) is 15.9. The zero-order valence-corrected chi connectivity index (χ0v) is 15.9. The van der Waals surface area contributed by atoms with Crippen molar-refractivity contribution in [3.8, 4) is 5.75 Å². The average Bonchev–Trinajstić information content (AvgIpc) is 2.71. The topological polar surface area (TPSA) is 140 Å². The molecule has 0 saturated heterocycles. The van der Waals surface area contributed by atoms with Gasteiger partial charge in [0, 0.05) is 17.7 Å². The fourth-order valence-electron chi connectivity index (χ4n) is 2.20. The SMILES string of the molecule is Cc1ccc(OCC(=O)NNC(=O)CNC(=O)c2cccc([N+](=O)[O-])c2)cc1C. The molecule has 2 aromatic rings. The van der Waals surface area contributed by atoms with Crippen LogP contribution in [0, 0.1) is 24.0 Å². The number of aryl methyl sites for hydroxylation is 2. The van der Waals surface area contributed by atoms with E-state index in [4.69, 9.17) is 4.74 Å². The summed E-state index contributed by atoms with van der Waals surface area (Å²) in [4.78, 5) is 45.5. The number of nitrogens with zero attached hydrogens (tertiary/aromatic N) is 1. The summed E-state index contributed by atoms with van der Waals surface area (Å²) in [5.41, 5.74) is 6.22. The van der Waals surface area contributed by atoms with Crippen molar-refractivity contribution in [1.29, 1.82) is 0 Å². The van der Waals surface area contributed by atoms with Gasteiger partial charge in [-0.3, -0.25) is 35.3 Å². The van der Waals surface area contributed by atoms with E-state index in [0.29, 0.717) is 5.75 Å². The van der Waals surface area contributed by atoms with Crippen LogP contribution in [0.25, 0.3) is 0 Å². The second-order valence-corrected chi connectivity index (χ2v) is 6.12. The lowest BCUT2D eigenvalue weighted by Gasteiger charge is -2.10. The summed E-state index contributed by atoms with van der Waals surface area (Å²) in [7, 11) is 0. The van der Waals surface area contributed by atoms with E-state index < -0.39 is 29.2 Å². The molecule has 0 bridgehead atoms. The predicted molar refractivity (Wildman–Crippen MR) is 103 cm³/mol. The molecule has 0 fully saturated rings. The molecule has 0 atom stereocenters. The molecule has 0 unspecified atom stereocenters. The molecule has 29 heavy (non-hydrogen) atoms. The number of hydrogen-bond donors (Lipinski definition) is 3. The molecule has 2 aromatic carbocycles. The molecule has 10 heteroatoms. The standard InChI is InChI=1S/C19H20N4O6/c1-12-6-7-16(8-13(12)2)29-11-18(25)22-21-17(24)10-20-19(26)14-4-3-5-15(9-14)23(27)28/h3-9H,10-11H2,1-2H3,(H,20,26)(H,21,24)(H,22,25). The van der Waals surface area contributed by atoms with Crippen LogP contribution in [0.15, 0.2) is 42.5 Å². The van der Waals surface area contributed by atoms with Crippen molar-refractivity contribution in [2.45, 2.75) is 13.8 Å². The number of hydrogen-bond acceptors (Lipinski definition) is 6. The number of nitro groups is 1. The molecule has 0 aliphatic carbocycles. The Morgan fingerprint density at radius 1 is 1.00 bits per heavy atom. The highest BCUT2D eigenvalue weighted by Crippen LogP contribution is 2.16. The second-order valence-electron chi connectivity index (χ2n) is 6.12. The first kappa shape index (κ1) is 21.4. The number of amides is 3. The summed E-state index contributed by atoms with van der Waals surface area (Å²) in [6.07, 6.45) is 0. The molecule has 152 valence electrons. The van der Waals surface area contributed by atoms with Crippen LogP contribution in [-0.2, 0) is 9.59 Å². The fraction of sp³-hybridized carbons (Fsp3) is 0.211. The van der Waals surface area contributed by atoms with Gasteiger partial charge in [-0.25, -0.2) is 0 Å². The highest BCUT2D eigenvalue weighted by atomic mass is 16.6. The number of carbonyl (C=O) groups excluding carboxylic acids is 3. The molecule has 0 aliphatic heterocycles. The van der Waals surface area contributed by atoms with Gasteiger partial charge in [0.05, 0.1) is 11.5 Å². The molecule has 2 rings (SSSR count). The van der Waals surface area contributed by atoms with Gasteiger partial charge < -0.3 is 10.1 Å². The normalized spacial score (nSPS) is 10.0. The molecule has 10 nitrogen and oxygen atoms in total. The summed E-state index contributed by atoms with van der Waals surface area (Å²) < 4.78 is 5.33. The van der Waals surface area contributed by atoms with Gasteiger partial charge in [0.2, 0.25) is 0 Å². The third-order valence-electron chi connectivity index (χ3n) is 3.92. The second kappa shape index (κ2) is 9.83. The number of benzene rings is 2. The van der Waals surface area contributed by atoms with Crippen LogP contribution in [0.3, 0.4) is 0 Å². The van der Waals surface area contributed by atoms with Gasteiger partial charge in [-0.05, 0) is 43.2 Å². The van der Waals surface area contributed by atoms with E-state index in [1.165, 1.54) is 18.2 Å². The number of carbonyl (C=O) groups is 3. The average molecular weight is 400 g/mol. The first-order chi connectivity index (χ1) is 13.8. The number of nitrogens with one attached hydrogen (secondary N) is 3. The first-order valence-electron chi connectivity index (χ1n) is 8.56. The van der Waals surface area contributed by atoms with Crippen molar-refractivity contribution in [1.82, 2.24) is 16.2 Å². The number of ether oxygens (including phenoxy) is 1. The quantitative estimate of drug-likeness (QED) is 0.471. The summed E-state index contributed by atoms with van der Waals surface area (Å²) >= 11 is 0. The van der Waals surface area contributed by atoms with E-state index in [0.717, 1.165) is 17.2 Å². The van der Waals surface area contributed by atoms with Crippen molar-refractivity contribution in [3.05, 3.63) is 69.3 Å². The Labute approximate surface area is 166 Å². The van der Waals surface area contributed by atoms with Crippen LogP contribution in [0.5, 0.6) is 5.75 Å². The lowest BCUT2D eigenvalue weighted by Crippen LogP contribution is -2.47. The summed E-state index contributed by atoms with van der Waals surface area (Å²) in [6.45, 7) is 3.15. The van der Waals surface area contributed by atoms with Crippen molar-refractivity contribution in [2.75, 3.05) is 13.2 Å². The minimum absolute atomic E-state index is 0.0397. The van der Waals surface area contributed by atoms with Gasteiger partial charge in [-0.15, -0.1) is 0 Å². The van der Waals surface area contributed by atoms with Crippen LogP contribution in [0.2, 0.25) is 0 Å². The Kier molecular flexibility index (Phi) is 7.24. The van der Waals surface area contributed by atoms with Gasteiger partial charge in [-0.2, -0.15) is 0 Å². The van der Waals surface area contributed by atoms with Crippen LogP contribution < -0.4 is 20.9 Å². The Morgan fingerprint density at radius 3 is 2.41 bits per heavy atom. The van der Waals surface area contributed by atoms with E-state index in [-0.39, 0.29) is 17.9 Å². The maximum absolute atomic E-state index is 12.0. The van der Waals surface area contributed by atoms with Crippen molar-refractivity contribution in [2.24, 2.45) is 0 Å². The van der Waals surface area contributed by atoms with Gasteiger partial charge in [0.15, 0.2) is 6.61 Å². The maximum Gasteiger partial charge on any atom is 0.276 e. The largest absolute Gasteiger partial charge is 0.484 e. The number of hydrazine groups is 1. The molecule has 0 spiro atoms. The lowest BCUT2D eigenvalue weighted by molar-refractivity contribution is -0.384. The van der Waals surface area contributed by atoms with E-state index in [1.807, 2.05) is 19.9 Å². The number of non-ortho nitro benzene ring substituents is 1. The molecule has 0 aliphatic rings. The Morgan fingerprint density at radius 2 is 1.72 bits per heavy atom. The van der Waals surface area contributed by atoms with Crippen molar-refractivity contribution in [3.63, 3.8) is 0 Å². The van der Waals surface area contributed by atoms with Crippen LogP contribution >= 0.6 is 0 Å². The monoisotopic (exact) mass is 400 g/mol. The van der Waals surface area contributed by atoms with Gasteiger partial charge >= 0.3 is 0 Å². The van der Waals surface area contributed by atoms with E-state index in [2.05, 4.69) is 16.2 Å². The molecule has 0 aromatic heterocycles. The summed E-state index contributed by atoms with van der Waals surface area (Å²) in [5, 5.41) is 13.0. The minimum Gasteiger partial charge on any atom is -0.484 e. The maximum atomic E-state index is 12.0. The van der Waals surface area contributed by atoms with Crippen LogP contribution in [-0.4, -0.2) is 35.8 Å². The first-order valence-corrected chi connectivity index (χ1v) is 8.56.